The van der Waals surface area contributed by atoms with Gasteiger partial charge in [0.25, 0.3) is 5.91 Å². The highest BCUT2D eigenvalue weighted by Gasteiger charge is 2.43. The Morgan fingerprint density at radius 1 is 1.15 bits per heavy atom. The van der Waals surface area contributed by atoms with Crippen LogP contribution in [0.15, 0.2) is 60.9 Å². The van der Waals surface area contributed by atoms with Gasteiger partial charge < -0.3 is 14.7 Å². The number of carbonyl (C=O) groups excluding carboxylic acids is 1. The molecule has 0 bridgehead atoms. The maximum Gasteiger partial charge on any atom is 0.273 e. The fraction of sp³-hybridized carbons (Fsp3) is 0.222. The Bertz CT molecular complexity index is 1340. The molecule has 4 aromatic rings. The molecule has 34 heavy (non-hydrogen) atoms. The number of aromatic hydroxyl groups is 1. The molecule has 3 heterocycles. The van der Waals surface area contributed by atoms with E-state index in [0.717, 1.165) is 33.6 Å². The summed E-state index contributed by atoms with van der Waals surface area (Å²) in [6.45, 7) is 6.75. The first-order chi connectivity index (χ1) is 16.5. The van der Waals surface area contributed by atoms with Crippen molar-refractivity contribution in [3.63, 3.8) is 0 Å². The van der Waals surface area contributed by atoms with Crippen LogP contribution in [0.3, 0.4) is 0 Å². The number of ether oxygens (including phenoxy) is 1. The Balaban J connectivity index is 1.69. The molecule has 1 aliphatic rings. The van der Waals surface area contributed by atoms with Gasteiger partial charge in [0.15, 0.2) is 0 Å². The fourth-order valence-corrected chi connectivity index (χ4v) is 4.78. The molecule has 1 amide bonds. The standard InChI is InChI=1S/C27H26N4O3/c1-4-34-20-9-5-8-19(13-20)26-23-24(22-17(3)11-16(2)12-21(22)32)29-30-25(23)27(33)31(26)15-18-7-6-10-28-14-18/h5-14,26,32H,4,15H2,1-3H3,(H,29,30). The van der Waals surface area contributed by atoms with Gasteiger partial charge in [0, 0.05) is 30.1 Å². The zero-order valence-electron chi connectivity index (χ0n) is 19.4. The minimum atomic E-state index is -0.406. The molecule has 172 valence electrons. The van der Waals surface area contributed by atoms with Crippen LogP contribution in [0, 0.1) is 13.8 Å². The van der Waals surface area contributed by atoms with Gasteiger partial charge in [-0.25, -0.2) is 0 Å². The van der Waals surface area contributed by atoms with Crippen LogP contribution in [0.2, 0.25) is 0 Å². The minimum Gasteiger partial charge on any atom is -0.507 e. The Kier molecular flexibility index (Phi) is 5.53. The molecule has 7 nitrogen and oxygen atoms in total. The number of pyridine rings is 1. The van der Waals surface area contributed by atoms with Crippen molar-refractivity contribution in [1.82, 2.24) is 20.1 Å². The molecule has 5 rings (SSSR count). The van der Waals surface area contributed by atoms with Crippen LogP contribution >= 0.6 is 0 Å². The summed E-state index contributed by atoms with van der Waals surface area (Å²) in [6, 6.07) is 14.9. The number of phenols is 1. The lowest BCUT2D eigenvalue weighted by atomic mass is 9.93. The summed E-state index contributed by atoms with van der Waals surface area (Å²) in [4.78, 5) is 19.6. The van der Waals surface area contributed by atoms with Crippen molar-refractivity contribution >= 4 is 5.91 Å². The Morgan fingerprint density at radius 2 is 2.00 bits per heavy atom. The molecule has 7 heteroatoms. The lowest BCUT2D eigenvalue weighted by molar-refractivity contribution is 0.0729. The number of H-pyrrole nitrogens is 1. The first-order valence-corrected chi connectivity index (χ1v) is 11.3. The quantitative estimate of drug-likeness (QED) is 0.431. The Labute approximate surface area is 198 Å². The van der Waals surface area contributed by atoms with E-state index >= 15 is 0 Å². The van der Waals surface area contributed by atoms with E-state index in [0.29, 0.717) is 30.1 Å². The fourth-order valence-electron chi connectivity index (χ4n) is 4.78. The summed E-state index contributed by atoms with van der Waals surface area (Å²) in [5.74, 6) is 0.738. The van der Waals surface area contributed by atoms with Crippen LogP contribution in [0.5, 0.6) is 11.5 Å². The monoisotopic (exact) mass is 454 g/mol. The van der Waals surface area contributed by atoms with Crippen LogP contribution in [0.25, 0.3) is 11.3 Å². The number of amides is 1. The van der Waals surface area contributed by atoms with Gasteiger partial charge >= 0.3 is 0 Å². The highest BCUT2D eigenvalue weighted by Crippen LogP contribution is 2.46. The lowest BCUT2D eigenvalue weighted by Gasteiger charge is -2.27. The third-order valence-corrected chi connectivity index (χ3v) is 6.12. The molecule has 0 saturated heterocycles. The molecule has 0 spiro atoms. The number of aromatic nitrogens is 3. The van der Waals surface area contributed by atoms with Gasteiger partial charge in [-0.15, -0.1) is 0 Å². The first-order valence-electron chi connectivity index (χ1n) is 11.3. The van der Waals surface area contributed by atoms with Crippen molar-refractivity contribution in [3.05, 3.63) is 94.4 Å². The van der Waals surface area contributed by atoms with Crippen molar-refractivity contribution in [3.8, 4) is 22.8 Å². The molecule has 2 aromatic heterocycles. The third kappa shape index (κ3) is 3.69. The number of aromatic amines is 1. The van der Waals surface area contributed by atoms with E-state index < -0.39 is 6.04 Å². The normalized spacial score (nSPS) is 15.0. The molecule has 0 radical (unpaired) electrons. The van der Waals surface area contributed by atoms with Gasteiger partial charge in [-0.3, -0.25) is 14.9 Å². The lowest BCUT2D eigenvalue weighted by Crippen LogP contribution is -2.29. The van der Waals surface area contributed by atoms with E-state index in [1.54, 1.807) is 18.5 Å². The smallest absolute Gasteiger partial charge is 0.273 e. The number of benzene rings is 2. The number of hydrogen-bond donors (Lipinski definition) is 2. The molecule has 0 fully saturated rings. The summed E-state index contributed by atoms with van der Waals surface area (Å²) < 4.78 is 5.75. The van der Waals surface area contributed by atoms with Crippen LogP contribution in [0.4, 0.5) is 0 Å². The predicted octanol–water partition coefficient (Wildman–Crippen LogP) is 4.94. The number of phenolic OH excluding ortho intramolecular Hbond substituents is 1. The van der Waals surface area contributed by atoms with Crippen molar-refractivity contribution < 1.29 is 14.6 Å². The average Bonchev–Trinajstić information content (AvgIpc) is 3.34. The topological polar surface area (TPSA) is 91.3 Å². The maximum atomic E-state index is 13.6. The Morgan fingerprint density at radius 3 is 2.74 bits per heavy atom. The number of aryl methyl sites for hydroxylation is 2. The van der Waals surface area contributed by atoms with Gasteiger partial charge in [0.1, 0.15) is 22.9 Å². The second-order valence-electron chi connectivity index (χ2n) is 8.54. The van der Waals surface area contributed by atoms with Crippen molar-refractivity contribution in [2.24, 2.45) is 0 Å². The molecule has 1 unspecified atom stereocenters. The van der Waals surface area contributed by atoms with E-state index in [1.807, 2.05) is 68.1 Å². The number of nitrogens with zero attached hydrogens (tertiary/aromatic N) is 3. The van der Waals surface area contributed by atoms with Gasteiger partial charge in [0.05, 0.1) is 12.6 Å². The van der Waals surface area contributed by atoms with Crippen molar-refractivity contribution in [1.29, 1.82) is 0 Å². The highest BCUT2D eigenvalue weighted by atomic mass is 16.5. The second-order valence-corrected chi connectivity index (χ2v) is 8.54. The van der Waals surface area contributed by atoms with Crippen molar-refractivity contribution in [2.45, 2.75) is 33.4 Å². The SMILES string of the molecule is CCOc1cccc(C2c3c(-c4c(C)cc(C)cc4O)n[nH]c3C(=O)N2Cc2cccnc2)c1. The largest absolute Gasteiger partial charge is 0.507 e. The Hall–Kier alpha value is -4.13. The van der Waals surface area contributed by atoms with Crippen LogP contribution in [0.1, 0.15) is 51.3 Å². The summed E-state index contributed by atoms with van der Waals surface area (Å²) in [5, 5.41) is 18.3. The molecule has 2 aromatic carbocycles. The van der Waals surface area contributed by atoms with Crippen molar-refractivity contribution in [2.75, 3.05) is 6.61 Å². The molecular formula is C27H26N4O3. The average molecular weight is 455 g/mol. The number of carbonyl (C=O) groups is 1. The van der Waals surface area contributed by atoms with Gasteiger partial charge in [-0.05, 0) is 67.3 Å². The summed E-state index contributed by atoms with van der Waals surface area (Å²) in [7, 11) is 0. The van der Waals surface area contributed by atoms with E-state index in [-0.39, 0.29) is 11.7 Å². The maximum absolute atomic E-state index is 13.6. The van der Waals surface area contributed by atoms with E-state index in [9.17, 15) is 9.90 Å². The molecule has 0 saturated carbocycles. The third-order valence-electron chi connectivity index (χ3n) is 6.12. The van der Waals surface area contributed by atoms with Gasteiger partial charge in [0.2, 0.25) is 0 Å². The van der Waals surface area contributed by atoms with Gasteiger partial charge in [-0.2, -0.15) is 5.10 Å². The summed E-state index contributed by atoms with van der Waals surface area (Å²) in [6.07, 6.45) is 3.48. The first kappa shape index (κ1) is 21.7. The molecule has 0 aliphatic carbocycles. The van der Waals surface area contributed by atoms with Crippen LogP contribution in [-0.2, 0) is 6.54 Å². The summed E-state index contributed by atoms with van der Waals surface area (Å²) in [5.41, 5.74) is 6.09. The van der Waals surface area contributed by atoms with Gasteiger partial charge in [-0.1, -0.05) is 24.3 Å². The zero-order chi connectivity index (χ0) is 23.8. The molecule has 1 atom stereocenters. The molecule has 2 N–H and O–H groups in total. The highest BCUT2D eigenvalue weighted by molar-refractivity contribution is 6.00. The summed E-state index contributed by atoms with van der Waals surface area (Å²) >= 11 is 0. The number of fused-ring (bicyclic) bond motifs is 1. The second kappa shape index (κ2) is 8.67. The number of rotatable bonds is 6. The van der Waals surface area contributed by atoms with Crippen LogP contribution < -0.4 is 4.74 Å². The molecule has 1 aliphatic heterocycles. The van der Waals surface area contributed by atoms with Crippen LogP contribution in [-0.4, -0.2) is 37.7 Å². The minimum absolute atomic E-state index is 0.145. The molecular weight excluding hydrogens is 428 g/mol. The van der Waals surface area contributed by atoms with E-state index in [1.165, 1.54) is 0 Å². The van der Waals surface area contributed by atoms with E-state index in [4.69, 9.17) is 4.74 Å². The number of nitrogens with one attached hydrogen (secondary N) is 1. The predicted molar refractivity (Wildman–Crippen MR) is 129 cm³/mol. The number of hydrogen-bond acceptors (Lipinski definition) is 5. The zero-order valence-corrected chi connectivity index (χ0v) is 19.4. The van der Waals surface area contributed by atoms with E-state index in [2.05, 4.69) is 15.2 Å².